The molecule has 0 fully saturated rings. The van der Waals surface area contributed by atoms with E-state index in [4.69, 9.17) is 9.73 Å². The zero-order chi connectivity index (χ0) is 17.8. The molecule has 0 bridgehead atoms. The van der Waals surface area contributed by atoms with Crippen LogP contribution in [0.15, 0.2) is 95.3 Å². The van der Waals surface area contributed by atoms with Gasteiger partial charge in [-0.05, 0) is 54.1 Å². The van der Waals surface area contributed by atoms with Gasteiger partial charge >= 0.3 is 0 Å². The van der Waals surface area contributed by atoms with Crippen molar-refractivity contribution in [3.05, 3.63) is 95.1 Å². The SMILES string of the molecule is COc1ccc(-c2csc(=Nc3ccccc3)n2-c2ccccc2)cc1.[Br-]. The number of hydrogen-bond donors (Lipinski definition) is 0. The molecule has 0 saturated carbocycles. The predicted octanol–water partition coefficient (Wildman–Crippen LogP) is 2.45. The van der Waals surface area contributed by atoms with Crippen LogP contribution in [0.25, 0.3) is 16.9 Å². The summed E-state index contributed by atoms with van der Waals surface area (Å²) >= 11 is 1.64. The highest BCUT2D eigenvalue weighted by molar-refractivity contribution is 7.07. The van der Waals surface area contributed by atoms with Crippen LogP contribution in [-0.4, -0.2) is 11.7 Å². The molecule has 0 aliphatic heterocycles. The van der Waals surface area contributed by atoms with Crippen LogP contribution in [-0.2, 0) is 0 Å². The van der Waals surface area contributed by atoms with E-state index < -0.39 is 0 Å². The van der Waals surface area contributed by atoms with Crippen molar-refractivity contribution in [2.45, 2.75) is 0 Å². The maximum absolute atomic E-state index is 5.28. The summed E-state index contributed by atoms with van der Waals surface area (Å²) in [7, 11) is 1.68. The van der Waals surface area contributed by atoms with E-state index in [0.29, 0.717) is 0 Å². The number of para-hydroxylation sites is 2. The van der Waals surface area contributed by atoms with E-state index in [1.165, 1.54) is 0 Å². The Morgan fingerprint density at radius 2 is 1.44 bits per heavy atom. The summed E-state index contributed by atoms with van der Waals surface area (Å²) in [6.07, 6.45) is 0. The Morgan fingerprint density at radius 1 is 0.815 bits per heavy atom. The largest absolute Gasteiger partial charge is 1.00 e. The number of rotatable bonds is 4. The highest BCUT2D eigenvalue weighted by atomic mass is 79.9. The maximum Gasteiger partial charge on any atom is 0.195 e. The molecule has 0 unspecified atom stereocenters. The molecular formula is C22H18BrN2OS-. The van der Waals surface area contributed by atoms with E-state index >= 15 is 0 Å². The van der Waals surface area contributed by atoms with Crippen LogP contribution in [0, 0.1) is 0 Å². The number of benzene rings is 3. The van der Waals surface area contributed by atoms with Gasteiger partial charge in [0, 0.05) is 11.1 Å². The molecule has 4 aromatic rings. The normalized spacial score (nSPS) is 11.1. The Labute approximate surface area is 173 Å². The van der Waals surface area contributed by atoms with Crippen LogP contribution in [0.3, 0.4) is 0 Å². The molecule has 0 saturated heterocycles. The highest BCUT2D eigenvalue weighted by Gasteiger charge is 2.10. The zero-order valence-electron chi connectivity index (χ0n) is 14.7. The fourth-order valence-electron chi connectivity index (χ4n) is 2.79. The third-order valence-electron chi connectivity index (χ3n) is 4.09. The summed E-state index contributed by atoms with van der Waals surface area (Å²) < 4.78 is 7.48. The van der Waals surface area contributed by atoms with Crippen molar-refractivity contribution in [1.29, 1.82) is 0 Å². The second kappa shape index (κ2) is 8.84. The van der Waals surface area contributed by atoms with Gasteiger partial charge in [0.25, 0.3) is 0 Å². The van der Waals surface area contributed by atoms with Gasteiger partial charge < -0.3 is 21.7 Å². The topological polar surface area (TPSA) is 26.5 Å². The molecule has 0 radical (unpaired) electrons. The number of aromatic nitrogens is 1. The van der Waals surface area contributed by atoms with Gasteiger partial charge in [0.1, 0.15) is 5.75 Å². The Kier molecular flexibility index (Phi) is 6.27. The molecule has 5 heteroatoms. The minimum Gasteiger partial charge on any atom is -1.00 e. The minimum atomic E-state index is 0. The Morgan fingerprint density at radius 3 is 2.07 bits per heavy atom. The summed E-state index contributed by atoms with van der Waals surface area (Å²) in [4.78, 5) is 5.79. The lowest BCUT2D eigenvalue weighted by atomic mass is 10.1. The molecule has 0 N–H and O–H groups in total. The van der Waals surface area contributed by atoms with E-state index in [0.717, 1.165) is 33.2 Å². The van der Waals surface area contributed by atoms with Crippen LogP contribution in [0.1, 0.15) is 0 Å². The summed E-state index contributed by atoms with van der Waals surface area (Å²) in [6, 6.07) is 28.5. The van der Waals surface area contributed by atoms with Gasteiger partial charge in [-0.1, -0.05) is 36.4 Å². The first-order valence-corrected chi connectivity index (χ1v) is 9.23. The third-order valence-corrected chi connectivity index (χ3v) is 4.92. The third kappa shape index (κ3) is 4.21. The smallest absolute Gasteiger partial charge is 0.195 e. The van der Waals surface area contributed by atoms with Crippen LogP contribution in [0.5, 0.6) is 5.75 Å². The van der Waals surface area contributed by atoms with Gasteiger partial charge in [-0.25, -0.2) is 4.99 Å². The summed E-state index contributed by atoms with van der Waals surface area (Å²) in [6.45, 7) is 0. The van der Waals surface area contributed by atoms with Crippen LogP contribution < -0.4 is 26.5 Å². The Hall–Kier alpha value is -2.63. The van der Waals surface area contributed by atoms with Crippen molar-refractivity contribution in [3.63, 3.8) is 0 Å². The lowest BCUT2D eigenvalue weighted by Gasteiger charge is -2.10. The molecule has 4 rings (SSSR count). The van der Waals surface area contributed by atoms with E-state index in [1.807, 2.05) is 60.7 Å². The first-order valence-electron chi connectivity index (χ1n) is 8.35. The monoisotopic (exact) mass is 437 g/mol. The lowest BCUT2D eigenvalue weighted by molar-refractivity contribution is -0.00000541. The molecule has 136 valence electrons. The second-order valence-corrected chi connectivity index (χ2v) is 6.59. The van der Waals surface area contributed by atoms with Gasteiger partial charge in [0.2, 0.25) is 0 Å². The second-order valence-electron chi connectivity index (χ2n) is 5.75. The van der Waals surface area contributed by atoms with Gasteiger partial charge in [0.05, 0.1) is 18.5 Å². The van der Waals surface area contributed by atoms with Crippen molar-refractivity contribution in [1.82, 2.24) is 4.57 Å². The summed E-state index contributed by atoms with van der Waals surface area (Å²) in [5.41, 5.74) is 4.27. The van der Waals surface area contributed by atoms with Gasteiger partial charge in [-0.15, -0.1) is 11.3 Å². The molecule has 0 amide bonds. The molecular weight excluding hydrogens is 420 g/mol. The van der Waals surface area contributed by atoms with Crippen molar-refractivity contribution in [3.8, 4) is 22.7 Å². The molecule has 1 aromatic heterocycles. The van der Waals surface area contributed by atoms with Crippen LogP contribution >= 0.6 is 11.3 Å². The number of methoxy groups -OCH3 is 1. The molecule has 0 atom stereocenters. The predicted molar refractivity (Wildman–Crippen MR) is 107 cm³/mol. The first kappa shape index (κ1) is 19.1. The number of ether oxygens (including phenoxy) is 1. The van der Waals surface area contributed by atoms with Crippen molar-refractivity contribution in [2.75, 3.05) is 7.11 Å². The summed E-state index contributed by atoms with van der Waals surface area (Å²) in [5.74, 6) is 0.851. The summed E-state index contributed by atoms with van der Waals surface area (Å²) in [5, 5.41) is 2.15. The molecule has 3 aromatic carbocycles. The van der Waals surface area contributed by atoms with E-state index in [2.05, 4.69) is 34.2 Å². The fraction of sp³-hybridized carbons (Fsp3) is 0.0455. The van der Waals surface area contributed by atoms with Crippen LogP contribution in [0.4, 0.5) is 5.69 Å². The maximum atomic E-state index is 5.28. The standard InChI is InChI=1S/C22H18N2OS.BrH/c1-25-20-14-12-17(13-15-20)21-16-26-22(23-18-8-4-2-5-9-18)24(21)19-10-6-3-7-11-19;/h2-16H,1H3;1H/p-1. The van der Waals surface area contributed by atoms with Gasteiger partial charge in [0.15, 0.2) is 4.80 Å². The number of hydrogen-bond acceptors (Lipinski definition) is 3. The number of thiazole rings is 1. The minimum absolute atomic E-state index is 0. The van der Waals surface area contributed by atoms with E-state index in [1.54, 1.807) is 18.4 Å². The average molecular weight is 438 g/mol. The molecule has 3 nitrogen and oxygen atoms in total. The van der Waals surface area contributed by atoms with Gasteiger partial charge in [-0.3, -0.25) is 4.57 Å². The molecule has 0 aliphatic carbocycles. The number of nitrogens with zero attached hydrogens (tertiary/aromatic N) is 2. The quantitative estimate of drug-likeness (QED) is 0.481. The van der Waals surface area contributed by atoms with Crippen molar-refractivity contribution in [2.24, 2.45) is 4.99 Å². The molecule has 0 aliphatic rings. The first-order chi connectivity index (χ1) is 12.8. The fourth-order valence-corrected chi connectivity index (χ4v) is 3.72. The molecule has 0 spiro atoms. The lowest BCUT2D eigenvalue weighted by Crippen LogP contribution is -3.00. The number of halogens is 1. The van der Waals surface area contributed by atoms with Crippen LogP contribution in [0.2, 0.25) is 0 Å². The molecule has 1 heterocycles. The van der Waals surface area contributed by atoms with Crippen molar-refractivity contribution < 1.29 is 21.7 Å². The highest BCUT2D eigenvalue weighted by Crippen LogP contribution is 2.26. The van der Waals surface area contributed by atoms with E-state index in [9.17, 15) is 0 Å². The average Bonchev–Trinajstić information content (AvgIpc) is 3.13. The zero-order valence-corrected chi connectivity index (χ0v) is 17.2. The molecule has 27 heavy (non-hydrogen) atoms. The Bertz CT molecular complexity index is 1050. The van der Waals surface area contributed by atoms with E-state index in [-0.39, 0.29) is 17.0 Å². The van der Waals surface area contributed by atoms with Crippen molar-refractivity contribution >= 4 is 17.0 Å². The Balaban J connectivity index is 0.00000210. The van der Waals surface area contributed by atoms with Gasteiger partial charge in [-0.2, -0.15) is 0 Å².